The summed E-state index contributed by atoms with van der Waals surface area (Å²) in [6, 6.07) is 28.4. The number of Topliss-reactive ketones (excluding diaryl/α,β-unsaturated/α-hetero) is 1. The molecule has 7 heteroatoms. The van der Waals surface area contributed by atoms with Crippen LogP contribution in [0, 0.1) is 12.7 Å². The van der Waals surface area contributed by atoms with Crippen LogP contribution in [0.15, 0.2) is 119 Å². The van der Waals surface area contributed by atoms with E-state index in [0.29, 0.717) is 5.56 Å². The minimum atomic E-state index is -4.09. The number of hydrogen-bond donors (Lipinski definition) is 0. The van der Waals surface area contributed by atoms with Crippen molar-refractivity contribution in [3.8, 4) is 0 Å². The van der Waals surface area contributed by atoms with Gasteiger partial charge < -0.3 is 0 Å². The summed E-state index contributed by atoms with van der Waals surface area (Å²) in [6.45, 7) is 1.89. The number of aliphatic imine (C=N–C) groups is 1. The van der Waals surface area contributed by atoms with Crippen LogP contribution >= 0.6 is 0 Å². The van der Waals surface area contributed by atoms with Crippen molar-refractivity contribution < 1.29 is 17.6 Å². The van der Waals surface area contributed by atoms with E-state index in [-0.39, 0.29) is 28.5 Å². The molecule has 0 saturated carbocycles. The monoisotopic (exact) mass is 512 g/mol. The van der Waals surface area contributed by atoms with Crippen LogP contribution in [0.1, 0.15) is 33.1 Å². The SMILES string of the molecule is Cc1ccc(S(=O)(=O)N2C(Cc3ccccc3)=N[C@H](C(=O)c3ccc(F)cc3)[C@H]2c2ccccc2)cc1. The number of aryl methyl sites for hydroxylation is 1. The largest absolute Gasteiger partial charge is 0.292 e. The predicted octanol–water partition coefficient (Wildman–Crippen LogP) is 5.77. The number of carbonyl (C=O) groups is 1. The fraction of sp³-hybridized carbons (Fsp3) is 0.133. The Labute approximate surface area is 216 Å². The van der Waals surface area contributed by atoms with Crippen LogP contribution in [0.25, 0.3) is 0 Å². The Bertz CT molecular complexity index is 1540. The van der Waals surface area contributed by atoms with Crippen molar-refractivity contribution in [1.82, 2.24) is 4.31 Å². The molecular formula is C30H25FN2O3S. The van der Waals surface area contributed by atoms with Crippen LogP contribution in [0.4, 0.5) is 4.39 Å². The summed E-state index contributed by atoms with van der Waals surface area (Å²) in [4.78, 5) is 18.6. The molecule has 4 aromatic carbocycles. The molecule has 0 aliphatic carbocycles. The number of carbonyl (C=O) groups excluding carboxylic acids is 1. The summed E-state index contributed by atoms with van der Waals surface area (Å²) >= 11 is 0. The molecule has 1 heterocycles. The smallest absolute Gasteiger partial charge is 0.265 e. The van der Waals surface area contributed by atoms with Gasteiger partial charge in [-0.05, 0) is 54.4 Å². The van der Waals surface area contributed by atoms with Crippen molar-refractivity contribution in [3.05, 3.63) is 137 Å². The van der Waals surface area contributed by atoms with Crippen LogP contribution < -0.4 is 0 Å². The van der Waals surface area contributed by atoms with E-state index in [0.717, 1.165) is 11.1 Å². The van der Waals surface area contributed by atoms with Crippen molar-refractivity contribution in [2.24, 2.45) is 4.99 Å². The van der Waals surface area contributed by atoms with Crippen molar-refractivity contribution >= 4 is 21.6 Å². The topological polar surface area (TPSA) is 66.8 Å². The zero-order valence-electron chi connectivity index (χ0n) is 20.2. The highest BCUT2D eigenvalue weighted by atomic mass is 32.2. The summed E-state index contributed by atoms with van der Waals surface area (Å²) in [6.07, 6.45) is 0.225. The number of hydrogen-bond acceptors (Lipinski definition) is 4. The Hall–Kier alpha value is -4.10. The maximum atomic E-state index is 14.2. The van der Waals surface area contributed by atoms with E-state index in [1.807, 2.05) is 43.3 Å². The molecule has 0 saturated heterocycles. The first-order valence-corrected chi connectivity index (χ1v) is 13.3. The molecule has 0 fully saturated rings. The number of benzene rings is 4. The first kappa shape index (κ1) is 24.6. The molecule has 0 radical (unpaired) electrons. The van der Waals surface area contributed by atoms with Gasteiger partial charge >= 0.3 is 0 Å². The first-order valence-electron chi connectivity index (χ1n) is 11.9. The molecule has 1 aliphatic rings. The number of amidine groups is 1. The van der Waals surface area contributed by atoms with Gasteiger partial charge in [0.15, 0.2) is 5.78 Å². The number of nitrogens with zero attached hydrogens (tertiary/aromatic N) is 2. The lowest BCUT2D eigenvalue weighted by Gasteiger charge is -2.30. The van der Waals surface area contributed by atoms with E-state index in [1.165, 1.54) is 28.6 Å². The number of halogens is 1. The quantitative estimate of drug-likeness (QED) is 0.295. The molecule has 37 heavy (non-hydrogen) atoms. The summed E-state index contributed by atoms with van der Waals surface area (Å²) in [5, 5.41) is 0. The molecule has 1 aliphatic heterocycles. The van der Waals surface area contributed by atoms with Gasteiger partial charge in [0.2, 0.25) is 0 Å². The molecule has 5 rings (SSSR count). The minimum Gasteiger partial charge on any atom is -0.292 e. The lowest BCUT2D eigenvalue weighted by Crippen LogP contribution is -2.40. The van der Waals surface area contributed by atoms with Crippen molar-refractivity contribution in [2.45, 2.75) is 30.3 Å². The third kappa shape index (κ3) is 4.95. The average molecular weight is 513 g/mol. The van der Waals surface area contributed by atoms with Crippen molar-refractivity contribution in [2.75, 3.05) is 0 Å². The van der Waals surface area contributed by atoms with E-state index >= 15 is 0 Å². The number of rotatable bonds is 7. The van der Waals surface area contributed by atoms with Crippen LogP contribution in [-0.2, 0) is 16.4 Å². The van der Waals surface area contributed by atoms with E-state index in [2.05, 4.69) is 0 Å². The summed E-state index contributed by atoms with van der Waals surface area (Å²) < 4.78 is 43.2. The minimum absolute atomic E-state index is 0.120. The number of ketones is 1. The molecule has 0 N–H and O–H groups in total. The van der Waals surface area contributed by atoms with Gasteiger partial charge in [0, 0.05) is 12.0 Å². The Balaban J connectivity index is 1.67. The van der Waals surface area contributed by atoms with Gasteiger partial charge in [0.05, 0.1) is 4.90 Å². The molecule has 0 aromatic heterocycles. The lowest BCUT2D eigenvalue weighted by atomic mass is 9.94. The first-order chi connectivity index (χ1) is 17.8. The molecule has 0 amide bonds. The molecular weight excluding hydrogens is 487 g/mol. The van der Waals surface area contributed by atoms with Crippen LogP contribution in [0.3, 0.4) is 0 Å². The van der Waals surface area contributed by atoms with Crippen molar-refractivity contribution in [1.29, 1.82) is 0 Å². The van der Waals surface area contributed by atoms with E-state index in [1.54, 1.807) is 48.5 Å². The zero-order chi connectivity index (χ0) is 26.0. The average Bonchev–Trinajstić information content (AvgIpc) is 3.30. The van der Waals surface area contributed by atoms with E-state index in [9.17, 15) is 17.6 Å². The molecule has 4 aromatic rings. The maximum Gasteiger partial charge on any atom is 0.265 e. The normalized spacial score (nSPS) is 17.5. The summed E-state index contributed by atoms with van der Waals surface area (Å²) in [7, 11) is -4.09. The molecule has 0 bridgehead atoms. The molecule has 0 spiro atoms. The van der Waals surface area contributed by atoms with Gasteiger partial charge in [0.1, 0.15) is 23.7 Å². The fourth-order valence-corrected chi connectivity index (χ4v) is 6.18. The highest BCUT2D eigenvalue weighted by Gasteiger charge is 2.47. The van der Waals surface area contributed by atoms with Gasteiger partial charge in [-0.2, -0.15) is 0 Å². The molecule has 0 unspecified atom stereocenters. The third-order valence-corrected chi connectivity index (χ3v) is 8.24. The highest BCUT2D eigenvalue weighted by Crippen LogP contribution is 2.39. The van der Waals surface area contributed by atoms with Gasteiger partial charge in [-0.3, -0.25) is 9.79 Å². The summed E-state index contributed by atoms with van der Waals surface area (Å²) in [5.74, 6) is -0.554. The Kier molecular flexibility index (Phi) is 6.72. The third-order valence-electron chi connectivity index (χ3n) is 6.42. The van der Waals surface area contributed by atoms with Crippen LogP contribution in [-0.4, -0.2) is 30.4 Å². The molecule has 5 nitrogen and oxygen atoms in total. The molecule has 2 atom stereocenters. The van der Waals surface area contributed by atoms with Gasteiger partial charge in [-0.25, -0.2) is 17.1 Å². The highest BCUT2D eigenvalue weighted by molar-refractivity contribution is 7.89. The second-order valence-electron chi connectivity index (χ2n) is 8.99. The zero-order valence-corrected chi connectivity index (χ0v) is 21.0. The predicted molar refractivity (Wildman–Crippen MR) is 141 cm³/mol. The summed E-state index contributed by atoms with van der Waals surface area (Å²) in [5.41, 5.74) is 2.71. The van der Waals surface area contributed by atoms with Crippen molar-refractivity contribution in [3.63, 3.8) is 0 Å². The van der Waals surface area contributed by atoms with Gasteiger partial charge in [-0.15, -0.1) is 0 Å². The second-order valence-corrected chi connectivity index (χ2v) is 10.8. The Morgan fingerprint density at radius 2 is 1.43 bits per heavy atom. The van der Waals surface area contributed by atoms with Crippen LogP contribution in [0.2, 0.25) is 0 Å². The fourth-order valence-electron chi connectivity index (χ4n) is 4.55. The second kappa shape index (κ2) is 10.1. The lowest BCUT2D eigenvalue weighted by molar-refractivity contribution is 0.0944. The van der Waals surface area contributed by atoms with E-state index < -0.39 is 27.9 Å². The maximum absolute atomic E-state index is 14.2. The van der Waals surface area contributed by atoms with Gasteiger partial charge in [-0.1, -0.05) is 78.4 Å². The Morgan fingerprint density at radius 3 is 2.05 bits per heavy atom. The number of sulfonamides is 1. The Morgan fingerprint density at radius 1 is 0.838 bits per heavy atom. The van der Waals surface area contributed by atoms with Gasteiger partial charge in [0.25, 0.3) is 10.0 Å². The molecule has 186 valence electrons. The standard InChI is InChI=1S/C30H25FN2O3S/c1-21-12-18-26(19-13-21)37(35,36)33-27(20-22-8-4-2-5-9-22)32-28(29(33)23-10-6-3-7-11-23)30(34)24-14-16-25(31)17-15-24/h2-19,28-29H,20H2,1H3/t28-,29+/m0/s1. The van der Waals surface area contributed by atoms with Crippen LogP contribution in [0.5, 0.6) is 0 Å². The van der Waals surface area contributed by atoms with E-state index in [4.69, 9.17) is 4.99 Å².